The minimum atomic E-state index is -0.966. The van der Waals surface area contributed by atoms with Crippen LogP contribution in [-0.4, -0.2) is 54.7 Å². The SMILES string of the molecule is O=C(O)CN(CC(=O)N1CCCC1c1ccc2c(c1)OCCO2)c1ccccc1. The molecule has 152 valence electrons. The highest BCUT2D eigenvalue weighted by atomic mass is 16.6. The van der Waals surface area contributed by atoms with Crippen molar-refractivity contribution in [3.05, 3.63) is 54.1 Å². The number of ether oxygens (including phenoxy) is 2. The summed E-state index contributed by atoms with van der Waals surface area (Å²) in [5, 5.41) is 9.27. The number of carbonyl (C=O) groups excluding carboxylic acids is 1. The van der Waals surface area contributed by atoms with Gasteiger partial charge in [-0.2, -0.15) is 0 Å². The van der Waals surface area contributed by atoms with Crippen LogP contribution in [0.3, 0.4) is 0 Å². The van der Waals surface area contributed by atoms with E-state index in [0.717, 1.165) is 29.8 Å². The summed E-state index contributed by atoms with van der Waals surface area (Å²) in [6.07, 6.45) is 1.78. The van der Waals surface area contributed by atoms with Gasteiger partial charge in [-0.05, 0) is 42.7 Å². The predicted octanol–water partition coefficient (Wildman–Crippen LogP) is 2.71. The molecule has 0 spiro atoms. The average Bonchev–Trinajstić information content (AvgIpc) is 3.23. The minimum absolute atomic E-state index is 0.0252. The van der Waals surface area contributed by atoms with Crippen LogP contribution in [0.25, 0.3) is 0 Å². The number of likely N-dealkylation sites (tertiary alicyclic amines) is 1. The first kappa shape index (κ1) is 19.1. The first-order chi connectivity index (χ1) is 14.1. The second kappa shape index (κ2) is 8.43. The monoisotopic (exact) mass is 396 g/mol. The van der Waals surface area contributed by atoms with Crippen molar-refractivity contribution in [3.63, 3.8) is 0 Å². The largest absolute Gasteiger partial charge is 0.486 e. The highest BCUT2D eigenvalue weighted by molar-refractivity contribution is 5.84. The van der Waals surface area contributed by atoms with Crippen LogP contribution in [0.15, 0.2) is 48.5 Å². The molecule has 29 heavy (non-hydrogen) atoms. The Morgan fingerprint density at radius 3 is 2.55 bits per heavy atom. The Bertz CT molecular complexity index is 886. The normalized spacial score (nSPS) is 17.8. The molecule has 0 bridgehead atoms. The van der Waals surface area contributed by atoms with Gasteiger partial charge in [0.05, 0.1) is 12.6 Å². The molecule has 1 N–H and O–H groups in total. The van der Waals surface area contributed by atoms with Gasteiger partial charge < -0.3 is 24.4 Å². The van der Waals surface area contributed by atoms with E-state index in [4.69, 9.17) is 9.47 Å². The zero-order valence-corrected chi connectivity index (χ0v) is 16.1. The van der Waals surface area contributed by atoms with Gasteiger partial charge >= 0.3 is 5.97 Å². The maximum Gasteiger partial charge on any atom is 0.323 e. The number of nitrogens with zero attached hydrogens (tertiary/aromatic N) is 2. The summed E-state index contributed by atoms with van der Waals surface area (Å²) in [5.74, 6) is 0.399. The zero-order valence-electron chi connectivity index (χ0n) is 16.1. The molecule has 2 heterocycles. The molecule has 2 aliphatic heterocycles. The zero-order chi connectivity index (χ0) is 20.2. The number of fused-ring (bicyclic) bond motifs is 1. The summed E-state index contributed by atoms with van der Waals surface area (Å²) in [4.78, 5) is 27.9. The van der Waals surface area contributed by atoms with Crippen molar-refractivity contribution in [1.82, 2.24) is 4.90 Å². The van der Waals surface area contributed by atoms with Gasteiger partial charge in [0.2, 0.25) is 5.91 Å². The summed E-state index contributed by atoms with van der Waals surface area (Å²) < 4.78 is 11.3. The van der Waals surface area contributed by atoms with Crippen LogP contribution < -0.4 is 14.4 Å². The van der Waals surface area contributed by atoms with E-state index >= 15 is 0 Å². The van der Waals surface area contributed by atoms with E-state index in [1.165, 1.54) is 0 Å². The Kier molecular flexibility index (Phi) is 5.55. The van der Waals surface area contributed by atoms with Crippen LogP contribution in [-0.2, 0) is 9.59 Å². The van der Waals surface area contributed by atoms with E-state index < -0.39 is 5.97 Å². The maximum atomic E-state index is 13.1. The van der Waals surface area contributed by atoms with Crippen molar-refractivity contribution in [3.8, 4) is 11.5 Å². The van der Waals surface area contributed by atoms with Crippen molar-refractivity contribution in [2.24, 2.45) is 0 Å². The van der Waals surface area contributed by atoms with Gasteiger partial charge in [-0.15, -0.1) is 0 Å². The second-order valence-electron chi connectivity index (χ2n) is 7.23. The van der Waals surface area contributed by atoms with Crippen molar-refractivity contribution in [2.75, 3.05) is 37.7 Å². The van der Waals surface area contributed by atoms with Gasteiger partial charge in [-0.25, -0.2) is 0 Å². The number of hydrogen-bond donors (Lipinski definition) is 1. The first-order valence-corrected chi connectivity index (χ1v) is 9.82. The fourth-order valence-electron chi connectivity index (χ4n) is 3.97. The van der Waals surface area contributed by atoms with Crippen LogP contribution in [0.4, 0.5) is 5.69 Å². The van der Waals surface area contributed by atoms with E-state index in [1.807, 2.05) is 53.4 Å². The molecule has 0 aromatic heterocycles. The third kappa shape index (κ3) is 4.29. The van der Waals surface area contributed by atoms with Gasteiger partial charge in [-0.1, -0.05) is 24.3 Å². The number of hydrogen-bond acceptors (Lipinski definition) is 5. The van der Waals surface area contributed by atoms with Crippen LogP contribution in [0.1, 0.15) is 24.4 Å². The van der Waals surface area contributed by atoms with Crippen molar-refractivity contribution in [2.45, 2.75) is 18.9 Å². The molecule has 1 atom stereocenters. The number of carboxylic acid groups (broad SMARTS) is 1. The van der Waals surface area contributed by atoms with E-state index in [9.17, 15) is 14.7 Å². The molecule has 7 nitrogen and oxygen atoms in total. The number of aliphatic carboxylic acids is 1. The number of para-hydroxylation sites is 1. The average molecular weight is 396 g/mol. The van der Waals surface area contributed by atoms with E-state index in [-0.39, 0.29) is 25.0 Å². The Hall–Kier alpha value is -3.22. The predicted molar refractivity (Wildman–Crippen MR) is 107 cm³/mol. The number of rotatable bonds is 6. The Morgan fingerprint density at radius 1 is 1.03 bits per heavy atom. The second-order valence-corrected chi connectivity index (χ2v) is 7.23. The van der Waals surface area contributed by atoms with Gasteiger partial charge in [0.15, 0.2) is 11.5 Å². The quantitative estimate of drug-likeness (QED) is 0.809. The summed E-state index contributed by atoms with van der Waals surface area (Å²) in [6, 6.07) is 15.0. The lowest BCUT2D eigenvalue weighted by molar-refractivity contribution is -0.135. The fourth-order valence-corrected chi connectivity index (χ4v) is 3.97. The lowest BCUT2D eigenvalue weighted by Crippen LogP contribution is -2.42. The van der Waals surface area contributed by atoms with Gasteiger partial charge in [0.25, 0.3) is 0 Å². The summed E-state index contributed by atoms with van der Waals surface area (Å²) in [6.45, 7) is 1.52. The molecule has 2 aromatic carbocycles. The standard InChI is InChI=1S/C22H24N2O5/c25-21(14-23(15-22(26)27)17-5-2-1-3-6-17)24-10-4-7-18(24)16-8-9-19-20(13-16)29-12-11-28-19/h1-3,5-6,8-9,13,18H,4,7,10-12,14-15H2,(H,26,27). The lowest BCUT2D eigenvalue weighted by atomic mass is 10.0. The van der Waals surface area contributed by atoms with Gasteiger partial charge in [0, 0.05) is 12.2 Å². The minimum Gasteiger partial charge on any atom is -0.486 e. The molecule has 1 fully saturated rings. The summed E-state index contributed by atoms with van der Waals surface area (Å²) in [5.41, 5.74) is 1.74. The van der Waals surface area contributed by atoms with Crippen molar-refractivity contribution in [1.29, 1.82) is 0 Å². The molecule has 1 saturated heterocycles. The van der Waals surface area contributed by atoms with Crippen molar-refractivity contribution < 1.29 is 24.2 Å². The molecule has 1 amide bonds. The maximum absolute atomic E-state index is 13.1. The fraction of sp³-hybridized carbons (Fsp3) is 0.364. The van der Waals surface area contributed by atoms with Crippen LogP contribution >= 0.6 is 0 Å². The summed E-state index contributed by atoms with van der Waals surface area (Å²) >= 11 is 0. The van der Waals surface area contributed by atoms with Gasteiger partial charge in [-0.3, -0.25) is 9.59 Å². The van der Waals surface area contributed by atoms with E-state index in [0.29, 0.717) is 25.5 Å². The van der Waals surface area contributed by atoms with Crippen LogP contribution in [0.5, 0.6) is 11.5 Å². The third-order valence-electron chi connectivity index (χ3n) is 5.30. The van der Waals surface area contributed by atoms with Crippen LogP contribution in [0, 0.1) is 0 Å². The molecule has 1 unspecified atom stereocenters. The third-order valence-corrected chi connectivity index (χ3v) is 5.30. The number of carbonyl (C=O) groups is 2. The van der Waals surface area contributed by atoms with Crippen LogP contribution in [0.2, 0.25) is 0 Å². The first-order valence-electron chi connectivity index (χ1n) is 9.82. The molecular formula is C22H24N2O5. The van der Waals surface area contributed by atoms with Crippen molar-refractivity contribution >= 4 is 17.6 Å². The Labute approximate surface area is 169 Å². The van der Waals surface area contributed by atoms with E-state index in [1.54, 1.807) is 4.90 Å². The number of carboxylic acids is 1. The Balaban J connectivity index is 1.51. The highest BCUT2D eigenvalue weighted by Gasteiger charge is 2.32. The van der Waals surface area contributed by atoms with E-state index in [2.05, 4.69) is 0 Å². The summed E-state index contributed by atoms with van der Waals surface area (Å²) in [7, 11) is 0. The smallest absolute Gasteiger partial charge is 0.323 e. The molecule has 2 aliphatic rings. The molecule has 2 aromatic rings. The molecule has 0 saturated carbocycles. The highest BCUT2D eigenvalue weighted by Crippen LogP contribution is 2.38. The molecule has 0 radical (unpaired) electrons. The lowest BCUT2D eigenvalue weighted by Gasteiger charge is -2.30. The number of benzene rings is 2. The number of anilines is 1. The Morgan fingerprint density at radius 2 is 1.79 bits per heavy atom. The molecule has 0 aliphatic carbocycles. The molecular weight excluding hydrogens is 372 g/mol. The number of amides is 1. The molecule has 4 rings (SSSR count). The molecule has 7 heteroatoms. The van der Waals surface area contributed by atoms with Gasteiger partial charge in [0.1, 0.15) is 19.8 Å². The topological polar surface area (TPSA) is 79.3 Å².